The van der Waals surface area contributed by atoms with Gasteiger partial charge in [-0.05, 0) is 75.5 Å². The predicted octanol–water partition coefficient (Wildman–Crippen LogP) is 4.49. The van der Waals surface area contributed by atoms with E-state index in [1.54, 1.807) is 12.3 Å². The molecule has 1 saturated heterocycles. The van der Waals surface area contributed by atoms with Crippen LogP contribution in [0.3, 0.4) is 0 Å². The van der Waals surface area contributed by atoms with E-state index in [9.17, 15) is 24.0 Å². The van der Waals surface area contributed by atoms with E-state index in [0.29, 0.717) is 51.9 Å². The highest BCUT2D eigenvalue weighted by Gasteiger charge is 2.41. The molecule has 1 aromatic heterocycles. The maximum absolute atomic E-state index is 14.1. The molecule has 4 atom stereocenters. The Morgan fingerprint density at radius 1 is 0.839 bits per heavy atom. The number of benzene rings is 1. The van der Waals surface area contributed by atoms with Gasteiger partial charge >= 0.3 is 12.2 Å². The Labute approximate surface area is 331 Å². The Morgan fingerprint density at radius 3 is 2.20 bits per heavy atom. The fourth-order valence-electron chi connectivity index (χ4n) is 6.33. The molecule has 15 nitrogen and oxygen atoms in total. The van der Waals surface area contributed by atoms with Gasteiger partial charge in [-0.15, -0.1) is 0 Å². The van der Waals surface area contributed by atoms with Crippen LogP contribution in [-0.2, 0) is 46.4 Å². The van der Waals surface area contributed by atoms with Crippen molar-refractivity contribution in [3.05, 3.63) is 66.0 Å². The first-order chi connectivity index (χ1) is 26.9. The molecule has 0 unspecified atom stereocenters. The number of amides is 5. The van der Waals surface area contributed by atoms with Crippen molar-refractivity contribution in [3.8, 4) is 0 Å². The van der Waals surface area contributed by atoms with Crippen LogP contribution in [0.2, 0.25) is 0 Å². The van der Waals surface area contributed by atoms with E-state index in [4.69, 9.17) is 18.9 Å². The van der Waals surface area contributed by atoms with Crippen molar-refractivity contribution in [3.63, 3.8) is 0 Å². The van der Waals surface area contributed by atoms with E-state index in [1.807, 2.05) is 84.0 Å². The van der Waals surface area contributed by atoms with Gasteiger partial charge in [0.1, 0.15) is 24.7 Å². The summed E-state index contributed by atoms with van der Waals surface area (Å²) in [5.74, 6) is -1.60. The first kappa shape index (κ1) is 45.6. The SMILES string of the molecule is CCOC(OCC)[C@@H](NC(=O)[C@@H]1CCCN1C(=O)[C@@H](NC(=O)[C@H](CCCCNC(=O)OCc1ccccc1)NC(=O)OCCc1ccccn1)C(C)C)C(C)C. The Morgan fingerprint density at radius 2 is 1.55 bits per heavy atom. The molecule has 1 fully saturated rings. The number of carbonyl (C=O) groups excluding carboxylic acids is 5. The number of alkyl carbamates (subject to hydrolysis) is 2. The van der Waals surface area contributed by atoms with Gasteiger partial charge in [0, 0.05) is 44.6 Å². The largest absolute Gasteiger partial charge is 0.449 e. The number of carbonyl (C=O) groups is 5. The van der Waals surface area contributed by atoms with Gasteiger partial charge in [0.2, 0.25) is 17.7 Å². The minimum Gasteiger partial charge on any atom is -0.449 e. The molecule has 1 aliphatic rings. The number of nitrogens with zero attached hydrogens (tertiary/aromatic N) is 2. The normalized spacial score (nSPS) is 15.6. The molecule has 0 aliphatic carbocycles. The van der Waals surface area contributed by atoms with E-state index < -0.39 is 48.6 Å². The molecule has 0 spiro atoms. The van der Waals surface area contributed by atoms with Crippen LogP contribution in [0.25, 0.3) is 0 Å². The first-order valence-corrected chi connectivity index (χ1v) is 19.9. The molecule has 56 heavy (non-hydrogen) atoms. The lowest BCUT2D eigenvalue weighted by Gasteiger charge is -2.34. The topological polar surface area (TPSA) is 187 Å². The third-order valence-corrected chi connectivity index (χ3v) is 9.38. The fourth-order valence-corrected chi connectivity index (χ4v) is 6.33. The third kappa shape index (κ3) is 15.4. The van der Waals surface area contributed by atoms with Crippen LogP contribution in [0.15, 0.2) is 54.7 Å². The van der Waals surface area contributed by atoms with E-state index in [1.165, 1.54) is 4.90 Å². The van der Waals surface area contributed by atoms with Crippen LogP contribution in [0.5, 0.6) is 0 Å². The first-order valence-electron chi connectivity index (χ1n) is 19.9. The number of unbranched alkanes of at least 4 members (excludes halogenated alkanes) is 1. The minimum atomic E-state index is -1.05. The number of pyridine rings is 1. The van der Waals surface area contributed by atoms with Crippen LogP contribution in [-0.4, -0.2) is 103 Å². The quantitative estimate of drug-likeness (QED) is 0.0925. The standard InChI is InChI=1S/C41H62N6O9/c1-7-53-39(54-8-2)35(29(5)6)46-37(49)33-21-16-25-47(33)38(50)34(28(3)4)45-36(48)32(44-41(52)55-26-22-31-19-12-14-23-42-31)20-13-15-24-43-40(51)56-27-30-17-10-9-11-18-30/h9-12,14,17-19,23,28-29,32-35,39H,7-8,13,15-16,20-22,24-27H2,1-6H3,(H,43,51)(H,44,52)(H,45,48)(H,46,49)/t32-,33-,34-,35-/m0/s1. The minimum absolute atomic E-state index is 0.00863. The monoisotopic (exact) mass is 782 g/mol. The van der Waals surface area contributed by atoms with Crippen molar-refractivity contribution >= 4 is 29.9 Å². The summed E-state index contributed by atoms with van der Waals surface area (Å²) < 4.78 is 22.2. The molecule has 4 N–H and O–H groups in total. The Kier molecular flexibility index (Phi) is 20.1. The Bertz CT molecular complexity index is 1490. The van der Waals surface area contributed by atoms with Crippen molar-refractivity contribution in [2.24, 2.45) is 11.8 Å². The zero-order valence-electron chi connectivity index (χ0n) is 33.8. The molecule has 0 radical (unpaired) electrons. The molecule has 3 rings (SSSR count). The second-order valence-electron chi connectivity index (χ2n) is 14.4. The zero-order chi connectivity index (χ0) is 40.9. The van der Waals surface area contributed by atoms with Crippen molar-refractivity contribution in [1.29, 1.82) is 0 Å². The molecule has 1 aliphatic heterocycles. The average Bonchev–Trinajstić information content (AvgIpc) is 3.68. The van der Waals surface area contributed by atoms with Gasteiger partial charge in [0.15, 0.2) is 6.29 Å². The predicted molar refractivity (Wildman–Crippen MR) is 210 cm³/mol. The van der Waals surface area contributed by atoms with Gasteiger partial charge < -0.3 is 45.1 Å². The lowest BCUT2D eigenvalue weighted by atomic mass is 10.00. The summed E-state index contributed by atoms with van der Waals surface area (Å²) >= 11 is 0. The van der Waals surface area contributed by atoms with Crippen molar-refractivity contribution in [2.75, 3.05) is 32.9 Å². The van der Waals surface area contributed by atoms with Gasteiger partial charge in [-0.3, -0.25) is 19.4 Å². The highest BCUT2D eigenvalue weighted by molar-refractivity contribution is 5.94. The number of hydrogen-bond acceptors (Lipinski definition) is 10. The summed E-state index contributed by atoms with van der Waals surface area (Å²) in [6.07, 6.45) is 2.28. The summed E-state index contributed by atoms with van der Waals surface area (Å²) in [5.41, 5.74) is 1.61. The van der Waals surface area contributed by atoms with E-state index in [2.05, 4.69) is 26.3 Å². The number of nitrogens with one attached hydrogen (secondary N) is 4. The molecule has 0 saturated carbocycles. The maximum atomic E-state index is 14.1. The summed E-state index contributed by atoms with van der Waals surface area (Å²) in [7, 11) is 0. The van der Waals surface area contributed by atoms with Crippen molar-refractivity contribution in [2.45, 2.75) is 117 Å². The number of ether oxygens (including phenoxy) is 4. The molecule has 15 heteroatoms. The number of hydrogen-bond donors (Lipinski definition) is 4. The van der Waals surface area contributed by atoms with Gasteiger partial charge in [0.05, 0.1) is 12.6 Å². The number of aromatic nitrogens is 1. The third-order valence-electron chi connectivity index (χ3n) is 9.38. The van der Waals surface area contributed by atoms with Gasteiger partial charge in [0.25, 0.3) is 0 Å². The summed E-state index contributed by atoms with van der Waals surface area (Å²) in [4.78, 5) is 72.6. The molecule has 0 bridgehead atoms. The van der Waals surface area contributed by atoms with E-state index >= 15 is 0 Å². The lowest BCUT2D eigenvalue weighted by molar-refractivity contribution is -0.166. The molecular formula is C41H62N6O9. The smallest absolute Gasteiger partial charge is 0.407 e. The van der Waals surface area contributed by atoms with Crippen LogP contribution >= 0.6 is 0 Å². The van der Waals surface area contributed by atoms with Crippen LogP contribution in [0.4, 0.5) is 9.59 Å². The number of rotatable bonds is 23. The van der Waals surface area contributed by atoms with Crippen LogP contribution < -0.4 is 21.3 Å². The Balaban J connectivity index is 1.64. The van der Waals surface area contributed by atoms with Crippen molar-refractivity contribution < 1.29 is 42.9 Å². The van der Waals surface area contributed by atoms with Gasteiger partial charge in [-0.2, -0.15) is 0 Å². The molecule has 2 heterocycles. The summed E-state index contributed by atoms with van der Waals surface area (Å²) in [6.45, 7) is 12.9. The van der Waals surface area contributed by atoms with E-state index in [-0.39, 0.29) is 49.8 Å². The van der Waals surface area contributed by atoms with Crippen molar-refractivity contribution in [1.82, 2.24) is 31.2 Å². The number of likely N-dealkylation sites (tertiary alicyclic amines) is 1. The summed E-state index contributed by atoms with van der Waals surface area (Å²) in [6, 6.07) is 11.6. The van der Waals surface area contributed by atoms with Crippen LogP contribution in [0.1, 0.15) is 84.9 Å². The Hall–Kier alpha value is -4.76. The second-order valence-corrected chi connectivity index (χ2v) is 14.4. The molecular weight excluding hydrogens is 720 g/mol. The van der Waals surface area contributed by atoms with E-state index in [0.717, 1.165) is 11.3 Å². The molecule has 310 valence electrons. The highest BCUT2D eigenvalue weighted by atomic mass is 16.7. The van der Waals surface area contributed by atoms with Crippen LogP contribution in [0, 0.1) is 11.8 Å². The lowest BCUT2D eigenvalue weighted by Crippen LogP contribution is -2.59. The molecule has 5 amide bonds. The second kappa shape index (κ2) is 24.7. The molecule has 2 aromatic rings. The van der Waals surface area contributed by atoms with Gasteiger partial charge in [-0.1, -0.05) is 64.1 Å². The van der Waals surface area contributed by atoms with Gasteiger partial charge in [-0.25, -0.2) is 9.59 Å². The highest BCUT2D eigenvalue weighted by Crippen LogP contribution is 2.22. The maximum Gasteiger partial charge on any atom is 0.407 e. The zero-order valence-corrected chi connectivity index (χ0v) is 33.8. The summed E-state index contributed by atoms with van der Waals surface area (Å²) in [5, 5.41) is 11.3. The average molecular weight is 783 g/mol. The fraction of sp³-hybridized carbons (Fsp3) is 0.610. The molecule has 1 aromatic carbocycles.